The third-order valence-electron chi connectivity index (χ3n) is 18.1. The number of carbonyl (C=O) groups excluding carboxylic acids is 8. The first kappa shape index (κ1) is 78.4. The molecule has 548 valence electrons. The molecule has 0 fully saturated rings. The molecule has 1 aliphatic carbocycles. The minimum Gasteiger partial charge on any atom is -0.469 e. The Hall–Kier alpha value is -10.3. The molecule has 2 aliphatic heterocycles. The number of halogens is 3. The maximum absolute atomic E-state index is 14.9. The van der Waals surface area contributed by atoms with Gasteiger partial charge < -0.3 is 54.4 Å². The second-order valence-corrected chi connectivity index (χ2v) is 28.3. The molecule has 8 rings (SSSR count). The van der Waals surface area contributed by atoms with Crippen LogP contribution in [0.3, 0.4) is 0 Å². The number of H-pyrrole nitrogens is 1. The van der Waals surface area contributed by atoms with Crippen molar-refractivity contribution in [2.45, 2.75) is 159 Å². The van der Waals surface area contributed by atoms with Crippen molar-refractivity contribution in [2.24, 2.45) is 7.05 Å². The first-order chi connectivity index (χ1) is 48.7. The number of ether oxygens (including phenoxy) is 2. The molecular formula is C76H89F3N9O14S+. The molecule has 0 saturated carbocycles. The number of hydrogen-bond donors (Lipinski definition) is 6. The van der Waals surface area contributed by atoms with Gasteiger partial charge in [0.15, 0.2) is 12.4 Å². The third-order valence-corrected chi connectivity index (χ3v) is 18.9. The molecule has 3 aromatic carbocycles. The first-order valence-corrected chi connectivity index (χ1v) is 35.4. The van der Waals surface area contributed by atoms with Gasteiger partial charge in [-0.1, -0.05) is 83.5 Å². The number of hydrogen-bond acceptors (Lipinski definition) is 15. The van der Waals surface area contributed by atoms with Crippen LogP contribution in [-0.4, -0.2) is 132 Å². The number of rotatable bonds is 32. The second kappa shape index (κ2) is 34.1. The van der Waals surface area contributed by atoms with E-state index in [0.29, 0.717) is 53.0 Å². The van der Waals surface area contributed by atoms with Crippen LogP contribution in [0.15, 0.2) is 149 Å². The Morgan fingerprint density at radius 2 is 1.49 bits per heavy atom. The fraction of sp³-hybridized carbons (Fsp3) is 0.395. The van der Waals surface area contributed by atoms with E-state index in [1.165, 1.54) is 67.6 Å². The zero-order valence-corrected chi connectivity index (χ0v) is 60.2. The molecule has 0 radical (unpaired) electrons. The first-order valence-electron chi connectivity index (χ1n) is 34.0. The van der Waals surface area contributed by atoms with Crippen molar-refractivity contribution in [3.8, 4) is 11.3 Å². The number of aryl methyl sites for hydroxylation is 1. The molecule has 5 aromatic rings. The van der Waals surface area contributed by atoms with Gasteiger partial charge in [-0.05, 0) is 129 Å². The van der Waals surface area contributed by atoms with Gasteiger partial charge in [-0.2, -0.15) is 21.6 Å². The van der Waals surface area contributed by atoms with Crippen molar-refractivity contribution < 1.29 is 78.4 Å². The van der Waals surface area contributed by atoms with Crippen molar-refractivity contribution in [1.29, 1.82) is 0 Å². The fourth-order valence-electron chi connectivity index (χ4n) is 12.5. The average molecular weight is 1440 g/mol. The summed E-state index contributed by atoms with van der Waals surface area (Å²) in [4.78, 5) is 118. The van der Waals surface area contributed by atoms with Crippen molar-refractivity contribution in [2.75, 3.05) is 38.3 Å². The molecule has 0 saturated heterocycles. The number of amides is 4. The number of nitrogens with one attached hydrogen (secondary N) is 5. The predicted octanol–water partition coefficient (Wildman–Crippen LogP) is 9.57. The van der Waals surface area contributed by atoms with E-state index < -0.39 is 106 Å². The maximum atomic E-state index is 14.9. The maximum Gasteiger partial charge on any atom is 0.416 e. The van der Waals surface area contributed by atoms with Crippen molar-refractivity contribution in [1.82, 2.24) is 40.4 Å². The standard InChI is InChI=1S/C76H88F3N9O14S/c1-11-87(12-2)52-29-32-56-57(74(4,5)6)40-53(102-66(56)39-52)24-18-14-19-25-67-75(7,8)58-41-54(103(97,98)99)30-34-63(58)88(67)35-21-15-20-26-68(91)82-61(36-49-44-86(9)64-37-50(76(77,78)79)28-31-55(49)64)71(94)83-59(33-27-47(3)89)70(93)85-62(38-51-43-80-46-81-51)72(95)84-60(42-69(92)100-10)65(90)45-101-73(96)48-22-16-13-17-23-48/h13-14,16-19,22-25,28-32,34,37,39-41,43-44,46,59-62H,11-12,15,20-21,26-27,33,35-36,38,42,45H2,1-10H3,(H5-,80,81,82,83,84,85,91,93,94,95,97,98,99)/p+1. The molecule has 6 N–H and O–H groups in total. The average Bonchev–Trinajstić information content (AvgIpc) is 1.60. The van der Waals surface area contributed by atoms with Gasteiger partial charge in [-0.15, -0.1) is 0 Å². The Balaban J connectivity index is 1.01. The van der Waals surface area contributed by atoms with Gasteiger partial charge in [0.2, 0.25) is 29.0 Å². The monoisotopic (exact) mass is 1440 g/mol. The van der Waals surface area contributed by atoms with Crippen LogP contribution in [0.2, 0.25) is 0 Å². The summed E-state index contributed by atoms with van der Waals surface area (Å²) in [7, 11) is -2.00. The molecule has 2 aromatic heterocycles. The molecule has 23 nitrogen and oxygen atoms in total. The molecule has 3 aliphatic rings. The molecule has 4 heterocycles. The summed E-state index contributed by atoms with van der Waals surface area (Å²) in [5, 5.41) is 11.8. The van der Waals surface area contributed by atoms with Crippen LogP contribution in [-0.2, 0) is 90.0 Å². The number of benzene rings is 4. The number of Topliss-reactive ketones (excluding diaryl/α,β-unsaturated/α-hetero) is 2. The summed E-state index contributed by atoms with van der Waals surface area (Å²) in [5.41, 5.74) is 3.38. The largest absolute Gasteiger partial charge is 0.469 e. The lowest BCUT2D eigenvalue weighted by Crippen LogP contribution is -2.58. The quantitative estimate of drug-likeness (QED) is 0.00751. The van der Waals surface area contributed by atoms with Crippen LogP contribution >= 0.6 is 0 Å². The van der Waals surface area contributed by atoms with Crippen molar-refractivity contribution >= 4 is 79.9 Å². The Kier molecular flexibility index (Phi) is 26.0. The van der Waals surface area contributed by atoms with E-state index in [9.17, 15) is 64.5 Å². The molecule has 103 heavy (non-hydrogen) atoms. The highest BCUT2D eigenvalue weighted by atomic mass is 32.2. The van der Waals surface area contributed by atoms with Crippen LogP contribution in [0.4, 0.5) is 18.9 Å². The van der Waals surface area contributed by atoms with Crippen molar-refractivity contribution in [3.05, 3.63) is 184 Å². The number of carbonyl (C=O) groups is 8. The van der Waals surface area contributed by atoms with Crippen LogP contribution < -0.4 is 36.1 Å². The van der Waals surface area contributed by atoms with Gasteiger partial charge in [0.05, 0.1) is 41.9 Å². The number of alkyl halides is 3. The second-order valence-electron chi connectivity index (χ2n) is 26.9. The lowest BCUT2D eigenvalue weighted by atomic mass is 9.83. The number of imidazole rings is 1. The number of methoxy groups -OCH3 is 1. The number of aromatic nitrogens is 3. The van der Waals surface area contributed by atoms with Crippen LogP contribution in [0, 0.1) is 0 Å². The topological polar surface area (TPSA) is 311 Å². The number of esters is 2. The highest BCUT2D eigenvalue weighted by Crippen LogP contribution is 2.49. The molecule has 4 atom stereocenters. The SMILES string of the molecule is CC[N+](CC)=c1ccc2c(C(C)(C)C)cc(/C=C/C=C/C=C3/N(CCCCCC(=O)NC(Cc4cn(C)c5cc(C(F)(F)F)ccc45)C(=O)NC(CCC(C)=O)C(=O)NC(Cc4cnc[nH]4)C(=O)NC(CC(=O)OC)C(=O)COC(=O)c4ccccc4)c4ccc(S(=O)(=O)O)cc4C3(C)C)oc-2c1. The van der Waals surface area contributed by atoms with E-state index in [-0.39, 0.29) is 65.7 Å². The van der Waals surface area contributed by atoms with E-state index in [0.717, 1.165) is 60.3 Å². The minimum absolute atomic E-state index is 0.123. The number of ketones is 2. The number of fused-ring (bicyclic) bond motifs is 3. The predicted molar refractivity (Wildman–Crippen MR) is 382 cm³/mol. The summed E-state index contributed by atoms with van der Waals surface area (Å²) >= 11 is 0. The van der Waals surface area contributed by atoms with E-state index in [4.69, 9.17) is 13.9 Å². The number of allylic oxidation sites excluding steroid dienone is 5. The van der Waals surface area contributed by atoms with E-state index >= 15 is 0 Å². The summed E-state index contributed by atoms with van der Waals surface area (Å²) < 4.78 is 97.2. The van der Waals surface area contributed by atoms with Crippen LogP contribution in [0.5, 0.6) is 0 Å². The molecule has 4 amide bonds. The van der Waals surface area contributed by atoms with E-state index in [2.05, 4.69) is 93.5 Å². The Morgan fingerprint density at radius 3 is 2.14 bits per heavy atom. The zero-order chi connectivity index (χ0) is 75.1. The summed E-state index contributed by atoms with van der Waals surface area (Å²) in [5.74, 6) is -5.24. The fourth-order valence-corrected chi connectivity index (χ4v) is 13.0. The molecule has 0 spiro atoms. The number of aromatic amines is 1. The summed E-state index contributed by atoms with van der Waals surface area (Å²) in [6.45, 7) is 17.0. The van der Waals surface area contributed by atoms with E-state index in [1.54, 1.807) is 24.3 Å². The molecule has 4 unspecified atom stereocenters. The number of anilines is 1. The van der Waals surface area contributed by atoms with Gasteiger partial charge >= 0.3 is 18.1 Å². The highest BCUT2D eigenvalue weighted by molar-refractivity contribution is 7.85. The summed E-state index contributed by atoms with van der Waals surface area (Å²) in [6.07, 6.45) is 8.11. The smallest absolute Gasteiger partial charge is 0.416 e. The number of unbranched alkanes of at least 4 members (excludes halogenated alkanes) is 2. The molecule has 0 bridgehead atoms. The van der Waals surface area contributed by atoms with Gasteiger partial charge in [0.1, 0.15) is 54.6 Å². The summed E-state index contributed by atoms with van der Waals surface area (Å²) in [6, 6.07) is 17.3. The van der Waals surface area contributed by atoms with Gasteiger partial charge in [0, 0.05) is 96.7 Å². The third kappa shape index (κ3) is 20.5. The lowest BCUT2D eigenvalue weighted by Gasteiger charge is -2.27. The molecular weight excluding hydrogens is 1350 g/mol. The minimum atomic E-state index is -4.69. The Labute approximate surface area is 596 Å². The van der Waals surface area contributed by atoms with Gasteiger partial charge in [-0.25, -0.2) is 14.4 Å². The lowest BCUT2D eigenvalue weighted by molar-refractivity contribution is -0.144. The van der Waals surface area contributed by atoms with Gasteiger partial charge in [-0.3, -0.25) is 33.3 Å². The van der Waals surface area contributed by atoms with E-state index in [1.807, 2.05) is 50.3 Å². The van der Waals surface area contributed by atoms with Crippen LogP contribution in [0.25, 0.3) is 28.3 Å². The molecule has 27 heteroatoms. The Bertz CT molecular complexity index is 4520. The van der Waals surface area contributed by atoms with Crippen molar-refractivity contribution in [3.63, 3.8) is 0 Å². The van der Waals surface area contributed by atoms with Gasteiger partial charge in [0.25, 0.3) is 10.1 Å². The highest BCUT2D eigenvalue weighted by Gasteiger charge is 2.41. The Morgan fingerprint density at radius 1 is 0.796 bits per heavy atom. The normalized spacial score (nSPS) is 14.7. The number of nitrogens with zero attached hydrogens (tertiary/aromatic N) is 4. The van der Waals surface area contributed by atoms with Crippen LogP contribution in [0.1, 0.15) is 144 Å². The zero-order valence-electron chi connectivity index (χ0n) is 59.4.